The molecule has 0 bridgehead atoms. The van der Waals surface area contributed by atoms with Gasteiger partial charge in [-0.1, -0.05) is 58.4 Å². The number of rotatable bonds is 4. The average Bonchev–Trinajstić information content (AvgIpc) is 3.17. The van der Waals surface area contributed by atoms with E-state index >= 15 is 0 Å². The predicted octanol–water partition coefficient (Wildman–Crippen LogP) is 5.38. The maximum absolute atomic E-state index is 4.70. The van der Waals surface area contributed by atoms with Gasteiger partial charge in [0, 0.05) is 15.4 Å². The lowest BCUT2D eigenvalue weighted by molar-refractivity contribution is 1.15. The van der Waals surface area contributed by atoms with Gasteiger partial charge in [0.05, 0.1) is 28.5 Å². The zero-order valence-electron chi connectivity index (χ0n) is 15.2. The van der Waals surface area contributed by atoms with Crippen molar-refractivity contribution in [3.8, 4) is 11.3 Å². The SMILES string of the molecule is Brc1ccc2nc(NN=Cc3nc4ccccc4[nH]3)nc(-c3ccccc3)c2c1. The first-order chi connectivity index (χ1) is 14.3. The first kappa shape index (κ1) is 17.5. The molecule has 2 heterocycles. The van der Waals surface area contributed by atoms with E-state index in [2.05, 4.69) is 41.4 Å². The Kier molecular flexibility index (Phi) is 4.50. The van der Waals surface area contributed by atoms with Crippen molar-refractivity contribution in [2.75, 3.05) is 5.43 Å². The van der Waals surface area contributed by atoms with Gasteiger partial charge in [-0.25, -0.2) is 20.4 Å². The van der Waals surface area contributed by atoms with Crippen molar-refractivity contribution in [2.24, 2.45) is 5.10 Å². The smallest absolute Gasteiger partial charge is 0.244 e. The van der Waals surface area contributed by atoms with Crippen LogP contribution >= 0.6 is 15.9 Å². The van der Waals surface area contributed by atoms with E-state index in [1.54, 1.807) is 6.21 Å². The van der Waals surface area contributed by atoms with E-state index < -0.39 is 0 Å². The number of hydrogen-bond acceptors (Lipinski definition) is 5. The summed E-state index contributed by atoms with van der Waals surface area (Å²) >= 11 is 3.53. The van der Waals surface area contributed by atoms with Gasteiger partial charge in [-0.2, -0.15) is 5.10 Å². The Morgan fingerprint density at radius 1 is 0.862 bits per heavy atom. The molecule has 0 unspecified atom stereocenters. The normalized spacial score (nSPS) is 11.5. The summed E-state index contributed by atoms with van der Waals surface area (Å²) < 4.78 is 0.981. The van der Waals surface area contributed by atoms with E-state index in [-0.39, 0.29) is 0 Å². The number of benzene rings is 3. The minimum atomic E-state index is 0.422. The molecule has 6 nitrogen and oxygen atoms in total. The fourth-order valence-electron chi connectivity index (χ4n) is 3.15. The number of halogens is 1. The van der Waals surface area contributed by atoms with Gasteiger partial charge in [0.2, 0.25) is 5.95 Å². The molecule has 140 valence electrons. The molecule has 0 aliphatic heterocycles. The summed E-state index contributed by atoms with van der Waals surface area (Å²) in [5.41, 5.74) is 7.49. The summed E-state index contributed by atoms with van der Waals surface area (Å²) in [4.78, 5) is 17.0. The standard InChI is InChI=1S/C22H15BrN6/c23-15-10-11-17-16(12-15)21(14-6-2-1-3-7-14)28-22(27-17)29-24-13-20-25-18-8-4-5-9-19(18)26-20/h1-13H,(H,25,26)(H,27,28,29). The van der Waals surface area contributed by atoms with Gasteiger partial charge in [-0.3, -0.25) is 0 Å². The van der Waals surface area contributed by atoms with Crippen molar-refractivity contribution in [1.82, 2.24) is 19.9 Å². The molecule has 0 saturated heterocycles. The van der Waals surface area contributed by atoms with Gasteiger partial charge in [-0.05, 0) is 30.3 Å². The maximum Gasteiger partial charge on any atom is 0.244 e. The molecular formula is C22H15BrN6. The molecule has 0 spiro atoms. The van der Waals surface area contributed by atoms with Gasteiger partial charge < -0.3 is 4.98 Å². The number of aromatic amines is 1. The Hall–Kier alpha value is -3.58. The average molecular weight is 443 g/mol. The number of anilines is 1. The van der Waals surface area contributed by atoms with Crippen LogP contribution in [0.15, 0.2) is 82.4 Å². The molecule has 0 aliphatic carbocycles. The summed E-state index contributed by atoms with van der Waals surface area (Å²) in [6, 6.07) is 23.8. The molecule has 2 N–H and O–H groups in total. The van der Waals surface area contributed by atoms with Crippen molar-refractivity contribution >= 4 is 50.0 Å². The van der Waals surface area contributed by atoms with E-state index in [4.69, 9.17) is 4.98 Å². The number of aromatic nitrogens is 4. The van der Waals surface area contributed by atoms with Crippen LogP contribution in [-0.4, -0.2) is 26.2 Å². The third-order valence-electron chi connectivity index (χ3n) is 4.46. The van der Waals surface area contributed by atoms with E-state index in [0.29, 0.717) is 11.8 Å². The van der Waals surface area contributed by atoms with Gasteiger partial charge >= 0.3 is 0 Å². The van der Waals surface area contributed by atoms with Crippen molar-refractivity contribution in [1.29, 1.82) is 0 Å². The highest BCUT2D eigenvalue weighted by Gasteiger charge is 2.10. The van der Waals surface area contributed by atoms with Crippen LogP contribution < -0.4 is 5.43 Å². The zero-order chi connectivity index (χ0) is 19.6. The van der Waals surface area contributed by atoms with Crippen molar-refractivity contribution < 1.29 is 0 Å². The van der Waals surface area contributed by atoms with Crippen LogP contribution in [-0.2, 0) is 0 Å². The Balaban J connectivity index is 1.50. The Bertz CT molecular complexity index is 1310. The van der Waals surface area contributed by atoms with Gasteiger partial charge in [0.1, 0.15) is 0 Å². The third kappa shape index (κ3) is 3.60. The van der Waals surface area contributed by atoms with Crippen LogP contribution in [0.25, 0.3) is 33.2 Å². The van der Waals surface area contributed by atoms with Crippen molar-refractivity contribution in [2.45, 2.75) is 0 Å². The van der Waals surface area contributed by atoms with Crippen LogP contribution in [0.1, 0.15) is 5.82 Å². The minimum absolute atomic E-state index is 0.422. The summed E-state index contributed by atoms with van der Waals surface area (Å²) in [6.07, 6.45) is 1.62. The van der Waals surface area contributed by atoms with Crippen LogP contribution in [0.5, 0.6) is 0 Å². The molecule has 2 aromatic heterocycles. The van der Waals surface area contributed by atoms with E-state index in [9.17, 15) is 0 Å². The molecule has 5 rings (SSSR count). The van der Waals surface area contributed by atoms with Crippen molar-refractivity contribution in [3.05, 3.63) is 83.1 Å². The molecule has 0 amide bonds. The highest BCUT2D eigenvalue weighted by atomic mass is 79.9. The number of H-pyrrole nitrogens is 1. The van der Waals surface area contributed by atoms with Gasteiger partial charge in [0.25, 0.3) is 0 Å². The summed E-state index contributed by atoms with van der Waals surface area (Å²) in [5, 5.41) is 5.23. The van der Waals surface area contributed by atoms with Gasteiger partial charge in [-0.15, -0.1) is 0 Å². The first-order valence-corrected chi connectivity index (χ1v) is 9.82. The van der Waals surface area contributed by atoms with E-state index in [1.165, 1.54) is 0 Å². The second kappa shape index (κ2) is 7.44. The number of hydrogen-bond donors (Lipinski definition) is 2. The predicted molar refractivity (Wildman–Crippen MR) is 120 cm³/mol. The summed E-state index contributed by atoms with van der Waals surface area (Å²) in [6.45, 7) is 0. The molecule has 0 fully saturated rings. The highest BCUT2D eigenvalue weighted by molar-refractivity contribution is 9.10. The first-order valence-electron chi connectivity index (χ1n) is 9.03. The summed E-state index contributed by atoms with van der Waals surface area (Å²) in [7, 11) is 0. The second-order valence-electron chi connectivity index (χ2n) is 6.43. The topological polar surface area (TPSA) is 78.9 Å². The molecule has 3 aromatic carbocycles. The second-order valence-corrected chi connectivity index (χ2v) is 7.35. The lowest BCUT2D eigenvalue weighted by atomic mass is 10.1. The number of hydrazone groups is 1. The minimum Gasteiger partial charge on any atom is -0.337 e. The molecular weight excluding hydrogens is 428 g/mol. The number of para-hydroxylation sites is 2. The third-order valence-corrected chi connectivity index (χ3v) is 4.96. The van der Waals surface area contributed by atoms with Crippen LogP contribution in [0.3, 0.4) is 0 Å². The molecule has 0 saturated carbocycles. The Morgan fingerprint density at radius 3 is 2.55 bits per heavy atom. The maximum atomic E-state index is 4.70. The largest absolute Gasteiger partial charge is 0.337 e. The van der Waals surface area contributed by atoms with Crippen LogP contribution in [0.4, 0.5) is 5.95 Å². The highest BCUT2D eigenvalue weighted by Crippen LogP contribution is 2.29. The van der Waals surface area contributed by atoms with Crippen LogP contribution in [0, 0.1) is 0 Å². The lowest BCUT2D eigenvalue weighted by Gasteiger charge is -2.09. The molecule has 0 aliphatic rings. The zero-order valence-corrected chi connectivity index (χ0v) is 16.8. The van der Waals surface area contributed by atoms with E-state index in [1.807, 2.05) is 72.8 Å². The van der Waals surface area contributed by atoms with Gasteiger partial charge in [0.15, 0.2) is 5.82 Å². The molecule has 5 aromatic rings. The number of nitrogens with zero attached hydrogens (tertiary/aromatic N) is 4. The Morgan fingerprint density at radius 2 is 1.69 bits per heavy atom. The fraction of sp³-hybridized carbons (Fsp3) is 0. The van der Waals surface area contributed by atoms with Crippen molar-refractivity contribution in [3.63, 3.8) is 0 Å². The lowest BCUT2D eigenvalue weighted by Crippen LogP contribution is -2.00. The number of imidazole rings is 1. The Labute approximate surface area is 174 Å². The summed E-state index contributed by atoms with van der Waals surface area (Å²) in [5.74, 6) is 1.08. The molecule has 0 radical (unpaired) electrons. The van der Waals surface area contributed by atoms with E-state index in [0.717, 1.165) is 37.7 Å². The number of fused-ring (bicyclic) bond motifs is 2. The molecule has 7 heteroatoms. The molecule has 0 atom stereocenters. The fourth-order valence-corrected chi connectivity index (χ4v) is 3.51. The number of nitrogens with one attached hydrogen (secondary N) is 2. The monoisotopic (exact) mass is 442 g/mol. The quantitative estimate of drug-likeness (QED) is 0.289. The molecule has 29 heavy (non-hydrogen) atoms. The van der Waals surface area contributed by atoms with Crippen LogP contribution in [0.2, 0.25) is 0 Å².